The molecule has 3 aromatic rings. The van der Waals surface area contributed by atoms with Crippen LogP contribution in [0.4, 0.5) is 5.82 Å². The molecule has 4 N–H and O–H groups in total. The van der Waals surface area contributed by atoms with Crippen LogP contribution in [-0.4, -0.2) is 43.1 Å². The van der Waals surface area contributed by atoms with Crippen molar-refractivity contribution in [2.24, 2.45) is 5.92 Å². The molecule has 0 radical (unpaired) electrons. The first-order valence-electron chi connectivity index (χ1n) is 10.7. The van der Waals surface area contributed by atoms with Crippen molar-refractivity contribution < 1.29 is 5.11 Å². The maximum atomic E-state index is 10.5. The summed E-state index contributed by atoms with van der Waals surface area (Å²) < 4.78 is 0.777. The Hall–Kier alpha value is -2.16. The number of phenolic OH excluding ortho intramolecular Hbond substituents is 1. The first-order chi connectivity index (χ1) is 14.8. The summed E-state index contributed by atoms with van der Waals surface area (Å²) in [6.45, 7) is 5.60. The summed E-state index contributed by atoms with van der Waals surface area (Å²) in [6.07, 6.45) is 6.61. The van der Waals surface area contributed by atoms with Gasteiger partial charge in [-0.15, -0.1) is 22.6 Å². The molecule has 0 saturated carbocycles. The molecule has 2 atom stereocenters. The molecule has 2 bridgehead atoms. The Morgan fingerprint density at radius 3 is 2.44 bits per heavy atom. The number of hydrogen-bond acceptors (Lipinski definition) is 6. The zero-order valence-corrected chi connectivity index (χ0v) is 20.6. The van der Waals surface area contributed by atoms with Crippen molar-refractivity contribution in [2.75, 3.05) is 11.9 Å². The molecule has 9 heteroatoms. The number of H-pyrrole nitrogens is 1. The lowest BCUT2D eigenvalue weighted by atomic mass is 9.80. The first kappa shape index (κ1) is 23.0. The van der Waals surface area contributed by atoms with Gasteiger partial charge in [0.15, 0.2) is 0 Å². The van der Waals surface area contributed by atoms with Gasteiger partial charge in [0.05, 0.1) is 11.9 Å². The molecule has 0 amide bonds. The summed E-state index contributed by atoms with van der Waals surface area (Å²) in [6, 6.07) is 9.33. The lowest BCUT2D eigenvalue weighted by Crippen LogP contribution is -2.54. The monoisotopic (exact) mass is 518 g/mol. The number of piperidine rings is 1. The van der Waals surface area contributed by atoms with Crippen LogP contribution >= 0.6 is 28.3 Å². The number of nitrogens with one attached hydrogen (secondary N) is 3. The fraction of sp³-hybridized carbons (Fsp3) is 0.435. The highest BCUT2D eigenvalue weighted by atomic mass is 79.9. The van der Waals surface area contributed by atoms with E-state index in [-0.39, 0.29) is 29.2 Å². The number of halogens is 2. The Bertz CT molecular complexity index is 1090. The maximum absolute atomic E-state index is 10.5. The number of aromatic hydroxyl groups is 1. The predicted molar refractivity (Wildman–Crippen MR) is 132 cm³/mol. The van der Waals surface area contributed by atoms with E-state index < -0.39 is 0 Å². The van der Waals surface area contributed by atoms with Crippen molar-refractivity contribution in [3.05, 3.63) is 41.1 Å². The standard InChI is InChI=1S/C23H27BrN6O.ClH/c1-22-7-8-23(2,30-22)11-14(10-22)12-25-20-6-5-18(27-28-20)16-4-3-15(9-19(16)31)17-13-26-29-21(17)24;/h3-6,9,13-14,30-31H,7-8,10-12H2,1-2H3,(H,25,28)(H,26,29);1H. The number of hydrogen-bond donors (Lipinski definition) is 4. The largest absolute Gasteiger partial charge is 0.507 e. The van der Waals surface area contributed by atoms with E-state index >= 15 is 0 Å². The van der Waals surface area contributed by atoms with E-state index in [0.717, 1.165) is 28.1 Å². The highest BCUT2D eigenvalue weighted by Gasteiger charge is 2.48. The summed E-state index contributed by atoms with van der Waals surface area (Å²) in [5.41, 5.74) is 3.59. The molecular weight excluding hydrogens is 492 g/mol. The average molecular weight is 520 g/mol. The van der Waals surface area contributed by atoms with Crippen LogP contribution in [-0.2, 0) is 0 Å². The predicted octanol–water partition coefficient (Wildman–Crippen LogP) is 5.15. The SMILES string of the molecule is CC12CCC(C)(CC(CNc3ccc(-c4ccc(-c5cn[nH]c5Br)cc4O)nn3)C1)N2.Cl. The van der Waals surface area contributed by atoms with Crippen LogP contribution in [0.15, 0.2) is 41.1 Å². The smallest absolute Gasteiger partial charge is 0.148 e. The van der Waals surface area contributed by atoms with Gasteiger partial charge in [0.2, 0.25) is 0 Å². The molecule has 2 aliphatic heterocycles. The fourth-order valence-corrected chi connectivity index (χ4v) is 5.84. The molecule has 0 spiro atoms. The van der Waals surface area contributed by atoms with Crippen LogP contribution in [0, 0.1) is 5.92 Å². The van der Waals surface area contributed by atoms with Crippen LogP contribution in [0.1, 0.15) is 39.5 Å². The molecule has 4 heterocycles. The molecule has 170 valence electrons. The molecule has 2 aromatic heterocycles. The number of aromatic nitrogens is 4. The minimum atomic E-state index is 0. The van der Waals surface area contributed by atoms with Gasteiger partial charge in [-0.3, -0.25) is 5.10 Å². The van der Waals surface area contributed by atoms with E-state index in [4.69, 9.17) is 0 Å². The summed E-state index contributed by atoms with van der Waals surface area (Å²) in [5, 5.41) is 33.4. The maximum Gasteiger partial charge on any atom is 0.148 e. The van der Waals surface area contributed by atoms with Crippen LogP contribution in [0.2, 0.25) is 0 Å². The normalized spacial score (nSPS) is 26.5. The van der Waals surface area contributed by atoms with Crippen LogP contribution in [0.3, 0.4) is 0 Å². The molecule has 0 aliphatic carbocycles. The number of benzene rings is 1. The fourth-order valence-electron chi connectivity index (χ4n) is 5.41. The molecule has 5 rings (SSSR count). The first-order valence-corrected chi connectivity index (χ1v) is 11.5. The van der Waals surface area contributed by atoms with Gasteiger partial charge in [-0.2, -0.15) is 5.10 Å². The van der Waals surface area contributed by atoms with Crippen LogP contribution < -0.4 is 10.6 Å². The second-order valence-corrected chi connectivity index (χ2v) is 10.3. The summed E-state index contributed by atoms with van der Waals surface area (Å²) in [5.74, 6) is 1.55. The summed E-state index contributed by atoms with van der Waals surface area (Å²) in [7, 11) is 0. The van der Waals surface area contributed by atoms with Crippen molar-refractivity contribution >= 4 is 34.2 Å². The van der Waals surface area contributed by atoms with Crippen molar-refractivity contribution in [3.8, 4) is 28.1 Å². The number of aromatic amines is 1. The minimum Gasteiger partial charge on any atom is -0.507 e. The van der Waals surface area contributed by atoms with E-state index in [0.29, 0.717) is 17.2 Å². The molecule has 2 aliphatic rings. The third kappa shape index (κ3) is 4.49. The number of rotatable bonds is 5. The molecule has 32 heavy (non-hydrogen) atoms. The lowest BCUT2D eigenvalue weighted by Gasteiger charge is -2.42. The number of anilines is 1. The Morgan fingerprint density at radius 2 is 1.84 bits per heavy atom. The van der Waals surface area contributed by atoms with Gasteiger partial charge in [-0.25, -0.2) is 0 Å². The number of phenols is 1. The Balaban J connectivity index is 0.00000245. The second kappa shape index (κ2) is 8.65. The van der Waals surface area contributed by atoms with E-state index in [1.54, 1.807) is 12.3 Å². The minimum absolute atomic E-state index is 0. The van der Waals surface area contributed by atoms with E-state index in [1.165, 1.54) is 25.7 Å². The van der Waals surface area contributed by atoms with Crippen LogP contribution in [0.25, 0.3) is 22.4 Å². The van der Waals surface area contributed by atoms with Gasteiger partial charge in [-0.1, -0.05) is 6.07 Å². The zero-order chi connectivity index (χ0) is 21.6. The molecule has 2 unspecified atom stereocenters. The topological polar surface area (TPSA) is 98.8 Å². The molecule has 2 saturated heterocycles. The average Bonchev–Trinajstić information content (AvgIpc) is 3.26. The van der Waals surface area contributed by atoms with Gasteiger partial charge >= 0.3 is 0 Å². The Labute approximate surface area is 202 Å². The highest BCUT2D eigenvalue weighted by Crippen LogP contribution is 2.44. The van der Waals surface area contributed by atoms with E-state index in [9.17, 15) is 5.11 Å². The van der Waals surface area contributed by atoms with Gasteiger partial charge in [0, 0.05) is 28.7 Å². The number of fused-ring (bicyclic) bond motifs is 2. The summed E-state index contributed by atoms with van der Waals surface area (Å²) in [4.78, 5) is 0. The third-order valence-corrected chi connectivity index (χ3v) is 7.33. The van der Waals surface area contributed by atoms with Crippen molar-refractivity contribution in [2.45, 2.75) is 50.6 Å². The highest BCUT2D eigenvalue weighted by molar-refractivity contribution is 9.10. The van der Waals surface area contributed by atoms with Gasteiger partial charge in [0.1, 0.15) is 16.2 Å². The molecular formula is C23H28BrClN6O. The quantitative estimate of drug-likeness (QED) is 0.372. The van der Waals surface area contributed by atoms with E-state index in [1.807, 2.05) is 24.3 Å². The zero-order valence-electron chi connectivity index (χ0n) is 18.2. The third-order valence-electron chi connectivity index (χ3n) is 6.72. The van der Waals surface area contributed by atoms with Crippen LogP contribution in [0.5, 0.6) is 5.75 Å². The van der Waals surface area contributed by atoms with Crippen molar-refractivity contribution in [1.29, 1.82) is 0 Å². The van der Waals surface area contributed by atoms with Gasteiger partial charge in [-0.05, 0) is 91.2 Å². The summed E-state index contributed by atoms with van der Waals surface area (Å²) >= 11 is 3.43. The Morgan fingerprint density at radius 1 is 1.09 bits per heavy atom. The van der Waals surface area contributed by atoms with Crippen molar-refractivity contribution in [3.63, 3.8) is 0 Å². The Kier molecular flexibility index (Phi) is 6.22. The van der Waals surface area contributed by atoms with E-state index in [2.05, 4.69) is 60.8 Å². The van der Waals surface area contributed by atoms with Crippen molar-refractivity contribution in [1.82, 2.24) is 25.7 Å². The lowest BCUT2D eigenvalue weighted by molar-refractivity contribution is 0.178. The molecule has 1 aromatic carbocycles. The van der Waals surface area contributed by atoms with Gasteiger partial charge < -0.3 is 15.7 Å². The molecule has 7 nitrogen and oxygen atoms in total. The second-order valence-electron chi connectivity index (χ2n) is 9.53. The van der Waals surface area contributed by atoms with Gasteiger partial charge in [0.25, 0.3) is 0 Å². The molecule has 2 fully saturated rings. The number of nitrogens with zero attached hydrogens (tertiary/aromatic N) is 3.